The second-order valence-corrected chi connectivity index (χ2v) is 4.13. The third kappa shape index (κ3) is 2.31. The molecule has 0 aliphatic heterocycles. The fourth-order valence-electron chi connectivity index (χ4n) is 1.84. The van der Waals surface area contributed by atoms with Crippen LogP contribution in [0.2, 0.25) is 0 Å². The Morgan fingerprint density at radius 1 is 1.31 bits per heavy atom. The first-order valence-electron chi connectivity index (χ1n) is 5.47. The Balaban J connectivity index is 2.20. The van der Waals surface area contributed by atoms with Crippen LogP contribution in [0.5, 0.6) is 0 Å². The van der Waals surface area contributed by atoms with Gasteiger partial charge in [0.1, 0.15) is 0 Å². The standard InChI is InChI=1S/C13H17N3/c1-10-4-3-5-12(6-10)8-16-9-13(7-14)11(2)15-16/h3-6,9H,7-8,14H2,1-2H3. The van der Waals surface area contributed by atoms with Crippen LogP contribution < -0.4 is 5.73 Å². The van der Waals surface area contributed by atoms with Crippen molar-refractivity contribution in [2.75, 3.05) is 0 Å². The third-order valence-corrected chi connectivity index (χ3v) is 2.69. The largest absolute Gasteiger partial charge is 0.326 e. The molecule has 1 aromatic carbocycles. The van der Waals surface area contributed by atoms with Crippen molar-refractivity contribution in [3.63, 3.8) is 0 Å². The molecule has 0 amide bonds. The predicted octanol–water partition coefficient (Wildman–Crippen LogP) is 2.01. The SMILES string of the molecule is Cc1cccc(Cn2cc(CN)c(C)n2)c1. The second-order valence-electron chi connectivity index (χ2n) is 4.13. The van der Waals surface area contributed by atoms with E-state index in [1.807, 2.05) is 17.8 Å². The first-order valence-corrected chi connectivity index (χ1v) is 5.47. The lowest BCUT2D eigenvalue weighted by Gasteiger charge is -2.02. The molecule has 1 aromatic heterocycles. The Morgan fingerprint density at radius 3 is 2.75 bits per heavy atom. The Morgan fingerprint density at radius 2 is 2.12 bits per heavy atom. The summed E-state index contributed by atoms with van der Waals surface area (Å²) >= 11 is 0. The van der Waals surface area contributed by atoms with Crippen LogP contribution in [-0.2, 0) is 13.1 Å². The zero-order valence-electron chi connectivity index (χ0n) is 9.77. The highest BCUT2D eigenvalue weighted by molar-refractivity contribution is 5.23. The van der Waals surface area contributed by atoms with Crippen LogP contribution in [0.25, 0.3) is 0 Å². The van der Waals surface area contributed by atoms with E-state index in [2.05, 4.69) is 36.3 Å². The molecule has 3 heteroatoms. The first kappa shape index (κ1) is 10.9. The number of nitrogens with two attached hydrogens (primary N) is 1. The van der Waals surface area contributed by atoms with E-state index in [0.29, 0.717) is 6.54 Å². The lowest BCUT2D eigenvalue weighted by atomic mass is 10.1. The predicted molar refractivity (Wildman–Crippen MR) is 65.1 cm³/mol. The number of aromatic nitrogens is 2. The number of hydrogen-bond donors (Lipinski definition) is 1. The molecule has 0 saturated carbocycles. The summed E-state index contributed by atoms with van der Waals surface area (Å²) in [6, 6.07) is 8.47. The van der Waals surface area contributed by atoms with Gasteiger partial charge in [-0.15, -0.1) is 0 Å². The van der Waals surface area contributed by atoms with E-state index in [1.54, 1.807) is 0 Å². The summed E-state index contributed by atoms with van der Waals surface area (Å²) in [6.45, 7) is 5.46. The zero-order valence-corrected chi connectivity index (χ0v) is 9.77. The average Bonchev–Trinajstić information content (AvgIpc) is 2.58. The van der Waals surface area contributed by atoms with Gasteiger partial charge in [-0.05, 0) is 19.4 Å². The van der Waals surface area contributed by atoms with Crippen molar-refractivity contribution in [1.29, 1.82) is 0 Å². The fourth-order valence-corrected chi connectivity index (χ4v) is 1.84. The molecule has 0 unspecified atom stereocenters. The van der Waals surface area contributed by atoms with Crippen LogP contribution in [0.1, 0.15) is 22.4 Å². The number of nitrogens with zero attached hydrogens (tertiary/aromatic N) is 2. The lowest BCUT2D eigenvalue weighted by molar-refractivity contribution is 0.679. The lowest BCUT2D eigenvalue weighted by Crippen LogP contribution is -2.00. The van der Waals surface area contributed by atoms with Crippen LogP contribution in [0.3, 0.4) is 0 Å². The second kappa shape index (κ2) is 4.49. The summed E-state index contributed by atoms with van der Waals surface area (Å²) in [5.41, 5.74) is 10.3. The molecular weight excluding hydrogens is 198 g/mol. The molecule has 0 radical (unpaired) electrons. The van der Waals surface area contributed by atoms with E-state index in [0.717, 1.165) is 17.8 Å². The third-order valence-electron chi connectivity index (χ3n) is 2.69. The van der Waals surface area contributed by atoms with Gasteiger partial charge in [-0.2, -0.15) is 5.10 Å². The molecule has 0 fully saturated rings. The highest BCUT2D eigenvalue weighted by Gasteiger charge is 2.03. The number of hydrogen-bond acceptors (Lipinski definition) is 2. The highest BCUT2D eigenvalue weighted by Crippen LogP contribution is 2.09. The van der Waals surface area contributed by atoms with Gasteiger partial charge < -0.3 is 5.73 Å². The number of benzene rings is 1. The number of rotatable bonds is 3. The van der Waals surface area contributed by atoms with Crippen LogP contribution >= 0.6 is 0 Å². The maximum atomic E-state index is 5.63. The first-order chi connectivity index (χ1) is 7.69. The summed E-state index contributed by atoms with van der Waals surface area (Å²) in [6.07, 6.45) is 2.03. The topological polar surface area (TPSA) is 43.8 Å². The van der Waals surface area contributed by atoms with Gasteiger partial charge in [0, 0.05) is 18.3 Å². The molecule has 2 aromatic rings. The van der Waals surface area contributed by atoms with Crippen molar-refractivity contribution in [2.24, 2.45) is 5.73 Å². The van der Waals surface area contributed by atoms with E-state index < -0.39 is 0 Å². The van der Waals surface area contributed by atoms with E-state index in [1.165, 1.54) is 11.1 Å². The fraction of sp³-hybridized carbons (Fsp3) is 0.308. The van der Waals surface area contributed by atoms with Gasteiger partial charge in [0.2, 0.25) is 0 Å². The molecule has 0 saturated heterocycles. The highest BCUT2D eigenvalue weighted by atomic mass is 15.3. The molecule has 84 valence electrons. The van der Waals surface area contributed by atoms with Crippen molar-refractivity contribution in [3.05, 3.63) is 52.8 Å². The van der Waals surface area contributed by atoms with E-state index in [-0.39, 0.29) is 0 Å². The van der Waals surface area contributed by atoms with Gasteiger partial charge in [0.05, 0.1) is 12.2 Å². The van der Waals surface area contributed by atoms with Gasteiger partial charge >= 0.3 is 0 Å². The smallest absolute Gasteiger partial charge is 0.0659 e. The average molecular weight is 215 g/mol. The van der Waals surface area contributed by atoms with Crippen molar-refractivity contribution in [2.45, 2.75) is 26.9 Å². The molecule has 2 rings (SSSR count). The minimum absolute atomic E-state index is 0.555. The molecule has 1 heterocycles. The quantitative estimate of drug-likeness (QED) is 0.851. The minimum atomic E-state index is 0.555. The number of aryl methyl sites for hydroxylation is 2. The van der Waals surface area contributed by atoms with E-state index in [4.69, 9.17) is 5.73 Å². The summed E-state index contributed by atoms with van der Waals surface area (Å²) in [7, 11) is 0. The Hall–Kier alpha value is -1.61. The van der Waals surface area contributed by atoms with Crippen molar-refractivity contribution in [3.8, 4) is 0 Å². The summed E-state index contributed by atoms with van der Waals surface area (Å²) in [5, 5.41) is 4.44. The molecule has 0 spiro atoms. The summed E-state index contributed by atoms with van der Waals surface area (Å²) < 4.78 is 1.95. The molecule has 2 N–H and O–H groups in total. The van der Waals surface area contributed by atoms with Crippen molar-refractivity contribution in [1.82, 2.24) is 9.78 Å². The minimum Gasteiger partial charge on any atom is -0.326 e. The van der Waals surface area contributed by atoms with Crippen molar-refractivity contribution >= 4 is 0 Å². The monoisotopic (exact) mass is 215 g/mol. The van der Waals surface area contributed by atoms with Crippen LogP contribution in [0.4, 0.5) is 0 Å². The molecule has 0 bridgehead atoms. The molecule has 0 aliphatic rings. The molecule has 0 aliphatic carbocycles. The molecule has 0 atom stereocenters. The van der Waals surface area contributed by atoms with E-state index in [9.17, 15) is 0 Å². The van der Waals surface area contributed by atoms with Gasteiger partial charge in [0.15, 0.2) is 0 Å². The normalized spacial score (nSPS) is 10.7. The van der Waals surface area contributed by atoms with Crippen LogP contribution in [-0.4, -0.2) is 9.78 Å². The Kier molecular flexibility index (Phi) is 3.06. The van der Waals surface area contributed by atoms with Gasteiger partial charge in [-0.1, -0.05) is 29.8 Å². The Bertz CT molecular complexity index is 486. The van der Waals surface area contributed by atoms with Crippen LogP contribution in [0.15, 0.2) is 30.5 Å². The molecular formula is C13H17N3. The molecule has 3 nitrogen and oxygen atoms in total. The van der Waals surface area contributed by atoms with Gasteiger partial charge in [0.25, 0.3) is 0 Å². The van der Waals surface area contributed by atoms with E-state index >= 15 is 0 Å². The van der Waals surface area contributed by atoms with Crippen LogP contribution in [0, 0.1) is 13.8 Å². The maximum Gasteiger partial charge on any atom is 0.0659 e. The van der Waals surface area contributed by atoms with Crippen molar-refractivity contribution < 1.29 is 0 Å². The summed E-state index contributed by atoms with van der Waals surface area (Å²) in [4.78, 5) is 0. The van der Waals surface area contributed by atoms with Gasteiger partial charge in [-0.25, -0.2) is 0 Å². The molecule has 16 heavy (non-hydrogen) atoms. The summed E-state index contributed by atoms with van der Waals surface area (Å²) in [5.74, 6) is 0. The van der Waals surface area contributed by atoms with Gasteiger partial charge in [-0.3, -0.25) is 4.68 Å². The Labute approximate surface area is 95.9 Å². The zero-order chi connectivity index (χ0) is 11.5. The maximum absolute atomic E-state index is 5.63.